The van der Waals surface area contributed by atoms with Gasteiger partial charge < -0.3 is 4.98 Å². The molecule has 0 radical (unpaired) electrons. The number of aryl methyl sites for hydroxylation is 1. The van der Waals surface area contributed by atoms with Gasteiger partial charge >= 0.3 is 0 Å². The van der Waals surface area contributed by atoms with Crippen LogP contribution in [0.5, 0.6) is 0 Å². The lowest BCUT2D eigenvalue weighted by Crippen LogP contribution is -2.12. The molecule has 76 valence electrons. The predicted octanol–water partition coefficient (Wildman–Crippen LogP) is 3.00. The highest BCUT2D eigenvalue weighted by molar-refractivity contribution is 5.97. The maximum atomic E-state index is 12.0. The van der Waals surface area contributed by atoms with Gasteiger partial charge in [-0.05, 0) is 37.8 Å². The van der Waals surface area contributed by atoms with Crippen LogP contribution in [-0.4, -0.2) is 10.8 Å². The number of hydrogen-bond donors (Lipinski definition) is 1. The van der Waals surface area contributed by atoms with Crippen LogP contribution in [0.1, 0.15) is 47.3 Å². The van der Waals surface area contributed by atoms with E-state index in [9.17, 15) is 4.79 Å². The third-order valence-electron chi connectivity index (χ3n) is 3.37. The van der Waals surface area contributed by atoms with Crippen LogP contribution in [0, 0.1) is 19.8 Å². The number of aromatic amines is 1. The second kappa shape index (κ2) is 3.60. The lowest BCUT2D eigenvalue weighted by molar-refractivity contribution is 0.0917. The zero-order valence-electron chi connectivity index (χ0n) is 8.89. The van der Waals surface area contributed by atoms with Crippen molar-refractivity contribution in [3.8, 4) is 0 Å². The van der Waals surface area contributed by atoms with Crippen LogP contribution in [0.15, 0.2) is 6.20 Å². The summed E-state index contributed by atoms with van der Waals surface area (Å²) in [6, 6.07) is 0. The molecule has 0 saturated heterocycles. The van der Waals surface area contributed by atoms with Gasteiger partial charge in [0.15, 0.2) is 5.78 Å². The zero-order valence-corrected chi connectivity index (χ0v) is 8.89. The molecule has 0 bridgehead atoms. The first-order valence-electron chi connectivity index (χ1n) is 5.39. The predicted molar refractivity (Wildman–Crippen MR) is 56.6 cm³/mol. The summed E-state index contributed by atoms with van der Waals surface area (Å²) in [7, 11) is 0. The van der Waals surface area contributed by atoms with Crippen LogP contribution in [0.25, 0.3) is 0 Å². The smallest absolute Gasteiger partial charge is 0.182 e. The van der Waals surface area contributed by atoms with E-state index in [2.05, 4.69) is 4.98 Å². The molecule has 1 N–H and O–H groups in total. The quantitative estimate of drug-likeness (QED) is 0.716. The molecular weight excluding hydrogens is 174 g/mol. The van der Waals surface area contributed by atoms with Gasteiger partial charge in [0.1, 0.15) is 0 Å². The number of hydrogen-bond acceptors (Lipinski definition) is 1. The van der Waals surface area contributed by atoms with E-state index in [1.54, 1.807) is 0 Å². The minimum atomic E-state index is 0.284. The molecule has 1 aliphatic rings. The van der Waals surface area contributed by atoms with E-state index in [1.807, 2.05) is 20.0 Å². The first kappa shape index (κ1) is 9.50. The summed E-state index contributed by atoms with van der Waals surface area (Å²) in [6.45, 7) is 4.06. The molecule has 1 fully saturated rings. The fourth-order valence-corrected chi connectivity index (χ4v) is 2.24. The van der Waals surface area contributed by atoms with E-state index in [1.165, 1.54) is 18.4 Å². The largest absolute Gasteiger partial charge is 0.358 e. The Labute approximate surface area is 84.7 Å². The topological polar surface area (TPSA) is 32.9 Å². The van der Waals surface area contributed by atoms with Crippen molar-refractivity contribution >= 4 is 5.78 Å². The second-order valence-corrected chi connectivity index (χ2v) is 4.32. The molecule has 14 heavy (non-hydrogen) atoms. The zero-order chi connectivity index (χ0) is 10.1. The summed E-state index contributed by atoms with van der Waals surface area (Å²) in [6.07, 6.45) is 6.52. The first-order chi connectivity index (χ1) is 6.70. The van der Waals surface area contributed by atoms with Gasteiger partial charge in [0, 0.05) is 12.1 Å². The number of aromatic nitrogens is 1. The number of nitrogens with one attached hydrogen (secondary N) is 1. The van der Waals surface area contributed by atoms with Crippen LogP contribution in [0.2, 0.25) is 0 Å². The molecule has 0 aliphatic heterocycles. The molecule has 1 heterocycles. The lowest BCUT2D eigenvalue weighted by Gasteiger charge is -2.06. The van der Waals surface area contributed by atoms with Gasteiger partial charge in [-0.2, -0.15) is 0 Å². The highest BCUT2D eigenvalue weighted by Crippen LogP contribution is 2.28. The third-order valence-corrected chi connectivity index (χ3v) is 3.37. The van der Waals surface area contributed by atoms with E-state index in [0.29, 0.717) is 5.78 Å². The number of rotatable bonds is 2. The van der Waals surface area contributed by atoms with Crippen molar-refractivity contribution < 1.29 is 4.79 Å². The summed E-state index contributed by atoms with van der Waals surface area (Å²) >= 11 is 0. The second-order valence-electron chi connectivity index (χ2n) is 4.32. The van der Waals surface area contributed by atoms with Crippen molar-refractivity contribution in [3.63, 3.8) is 0 Å². The fraction of sp³-hybridized carbons (Fsp3) is 0.583. The van der Waals surface area contributed by atoms with Crippen molar-refractivity contribution in [1.29, 1.82) is 0 Å². The van der Waals surface area contributed by atoms with E-state index in [0.717, 1.165) is 24.1 Å². The molecule has 2 rings (SSSR count). The van der Waals surface area contributed by atoms with Gasteiger partial charge in [-0.3, -0.25) is 4.79 Å². The molecule has 0 aromatic carbocycles. The lowest BCUT2D eigenvalue weighted by atomic mass is 9.98. The molecular formula is C12H17NO. The number of Topliss-reactive ketones (excluding diaryl/α,β-unsaturated/α-hetero) is 1. The Morgan fingerprint density at radius 3 is 2.50 bits per heavy atom. The minimum absolute atomic E-state index is 0.284. The number of ketones is 1. The maximum absolute atomic E-state index is 12.0. The van der Waals surface area contributed by atoms with Gasteiger partial charge in [-0.15, -0.1) is 0 Å². The van der Waals surface area contributed by atoms with Crippen molar-refractivity contribution in [2.75, 3.05) is 0 Å². The molecule has 0 amide bonds. The average Bonchev–Trinajstić information content (AvgIpc) is 2.77. The molecule has 0 spiro atoms. The van der Waals surface area contributed by atoms with E-state index in [4.69, 9.17) is 0 Å². The van der Waals surface area contributed by atoms with Crippen LogP contribution < -0.4 is 0 Å². The Hall–Kier alpha value is -1.05. The van der Waals surface area contributed by atoms with E-state index < -0.39 is 0 Å². The van der Waals surface area contributed by atoms with Gasteiger partial charge in [-0.25, -0.2) is 0 Å². The minimum Gasteiger partial charge on any atom is -0.358 e. The Morgan fingerprint density at radius 1 is 1.36 bits per heavy atom. The van der Waals surface area contributed by atoms with Crippen molar-refractivity contribution in [3.05, 3.63) is 23.0 Å². The molecule has 1 saturated carbocycles. The van der Waals surface area contributed by atoms with Crippen LogP contribution in [0.4, 0.5) is 0 Å². The standard InChI is InChI=1S/C12H17NO/c1-8-7-13-11(9(8)2)12(14)10-5-3-4-6-10/h7,10,13H,3-6H2,1-2H3. The molecule has 1 aliphatic carbocycles. The molecule has 2 nitrogen and oxygen atoms in total. The van der Waals surface area contributed by atoms with Crippen molar-refractivity contribution in [2.45, 2.75) is 39.5 Å². The normalized spacial score (nSPS) is 17.6. The summed E-state index contributed by atoms with van der Waals surface area (Å²) < 4.78 is 0. The summed E-state index contributed by atoms with van der Waals surface area (Å²) in [5, 5.41) is 0. The molecule has 1 aromatic rings. The average molecular weight is 191 g/mol. The highest BCUT2D eigenvalue weighted by atomic mass is 16.1. The van der Waals surface area contributed by atoms with E-state index >= 15 is 0 Å². The Kier molecular flexibility index (Phi) is 2.44. The van der Waals surface area contributed by atoms with E-state index in [-0.39, 0.29) is 5.92 Å². The number of carbonyl (C=O) groups excluding carboxylic acids is 1. The van der Waals surface area contributed by atoms with Gasteiger partial charge in [0.05, 0.1) is 5.69 Å². The third kappa shape index (κ3) is 1.49. The first-order valence-corrected chi connectivity index (χ1v) is 5.39. The monoisotopic (exact) mass is 191 g/mol. The number of carbonyl (C=O) groups is 1. The van der Waals surface area contributed by atoms with Gasteiger partial charge in [0.2, 0.25) is 0 Å². The van der Waals surface area contributed by atoms with Gasteiger partial charge in [-0.1, -0.05) is 12.8 Å². The Balaban J connectivity index is 2.22. The maximum Gasteiger partial charge on any atom is 0.182 e. The summed E-state index contributed by atoms with van der Waals surface area (Å²) in [5.41, 5.74) is 3.16. The molecule has 0 atom stereocenters. The summed E-state index contributed by atoms with van der Waals surface area (Å²) in [5.74, 6) is 0.611. The Bertz CT molecular complexity index is 345. The van der Waals surface area contributed by atoms with Crippen LogP contribution in [0.3, 0.4) is 0 Å². The van der Waals surface area contributed by atoms with Crippen LogP contribution in [-0.2, 0) is 0 Å². The molecule has 2 heteroatoms. The molecule has 0 unspecified atom stereocenters. The summed E-state index contributed by atoms with van der Waals surface area (Å²) in [4.78, 5) is 15.2. The van der Waals surface area contributed by atoms with Gasteiger partial charge in [0.25, 0.3) is 0 Å². The SMILES string of the molecule is Cc1c[nH]c(C(=O)C2CCCC2)c1C. The molecule has 1 aromatic heterocycles. The highest BCUT2D eigenvalue weighted by Gasteiger charge is 2.25. The van der Waals surface area contributed by atoms with Crippen molar-refractivity contribution in [2.24, 2.45) is 5.92 Å². The van der Waals surface area contributed by atoms with Crippen molar-refractivity contribution in [1.82, 2.24) is 4.98 Å². The van der Waals surface area contributed by atoms with Crippen LogP contribution >= 0.6 is 0 Å². The fourth-order valence-electron chi connectivity index (χ4n) is 2.24. The number of H-pyrrole nitrogens is 1. The Morgan fingerprint density at radius 2 is 2.00 bits per heavy atom.